The van der Waals surface area contributed by atoms with Crippen molar-refractivity contribution in [1.29, 1.82) is 0 Å². The average Bonchev–Trinajstić information content (AvgIpc) is 1.80. The zero-order valence-electron chi connectivity index (χ0n) is 5.45. The van der Waals surface area contributed by atoms with Crippen molar-refractivity contribution in [3.05, 3.63) is 24.0 Å². The summed E-state index contributed by atoms with van der Waals surface area (Å²) < 4.78 is 12.6. The van der Waals surface area contributed by atoms with Crippen molar-refractivity contribution >= 4 is 0 Å². The lowest BCUT2D eigenvalue weighted by Crippen LogP contribution is -2.20. The minimum absolute atomic E-state index is 0.473. The lowest BCUT2D eigenvalue weighted by atomic mass is 10.1. The molecule has 2 heteroatoms. The molecule has 0 fully saturated rings. The van der Waals surface area contributed by atoms with Gasteiger partial charge in [0, 0.05) is 12.1 Å². The van der Waals surface area contributed by atoms with Gasteiger partial charge in [0.25, 0.3) is 0 Å². The highest BCUT2D eigenvalue weighted by molar-refractivity contribution is 5.16. The minimum Gasteiger partial charge on any atom is -0.363 e. The Morgan fingerprint density at radius 3 is 3.00 bits per heavy atom. The van der Waals surface area contributed by atoms with Gasteiger partial charge in [-0.1, -0.05) is 12.2 Å². The van der Waals surface area contributed by atoms with E-state index in [2.05, 4.69) is 11.9 Å². The third-order valence-electron chi connectivity index (χ3n) is 1.38. The second-order valence-electron chi connectivity index (χ2n) is 2.33. The molecule has 1 heterocycles. The molecular weight excluding hydrogens is 117 g/mol. The van der Waals surface area contributed by atoms with Gasteiger partial charge in [-0.25, -0.2) is 4.39 Å². The predicted octanol–water partition coefficient (Wildman–Crippen LogP) is 1.74. The molecule has 0 aromatic carbocycles. The SMILES string of the molecule is C=C1NC=C(C)CC1F. The molecule has 9 heavy (non-hydrogen) atoms. The van der Waals surface area contributed by atoms with Gasteiger partial charge in [-0.2, -0.15) is 0 Å². The maximum absolute atomic E-state index is 12.6. The van der Waals surface area contributed by atoms with Crippen LogP contribution in [0.4, 0.5) is 4.39 Å². The highest BCUT2D eigenvalue weighted by Crippen LogP contribution is 2.16. The maximum Gasteiger partial charge on any atom is 0.143 e. The Balaban J connectivity index is 2.65. The largest absolute Gasteiger partial charge is 0.363 e. The summed E-state index contributed by atoms with van der Waals surface area (Å²) in [6, 6.07) is 0. The molecule has 0 spiro atoms. The molecule has 1 N–H and O–H groups in total. The summed E-state index contributed by atoms with van der Waals surface area (Å²) in [4.78, 5) is 0. The van der Waals surface area contributed by atoms with Crippen molar-refractivity contribution in [3.63, 3.8) is 0 Å². The normalized spacial score (nSPS) is 27.1. The van der Waals surface area contributed by atoms with Crippen LogP contribution in [0.25, 0.3) is 0 Å². The first kappa shape index (κ1) is 6.33. The summed E-state index contributed by atoms with van der Waals surface area (Å²) in [5.41, 5.74) is 1.51. The number of hydrogen-bond donors (Lipinski definition) is 1. The van der Waals surface area contributed by atoms with Crippen molar-refractivity contribution in [2.45, 2.75) is 19.5 Å². The van der Waals surface area contributed by atoms with Crippen LogP contribution < -0.4 is 5.32 Å². The van der Waals surface area contributed by atoms with Gasteiger partial charge in [-0.05, 0) is 13.1 Å². The fourth-order valence-electron chi connectivity index (χ4n) is 0.771. The van der Waals surface area contributed by atoms with E-state index in [1.54, 1.807) is 6.20 Å². The first-order chi connectivity index (χ1) is 4.20. The van der Waals surface area contributed by atoms with Crippen LogP contribution in [-0.4, -0.2) is 6.17 Å². The summed E-state index contributed by atoms with van der Waals surface area (Å²) in [6.07, 6.45) is 1.39. The Bertz CT molecular complexity index is 160. The highest BCUT2D eigenvalue weighted by Gasteiger charge is 2.14. The van der Waals surface area contributed by atoms with Gasteiger partial charge in [-0.3, -0.25) is 0 Å². The van der Waals surface area contributed by atoms with Crippen molar-refractivity contribution in [2.75, 3.05) is 0 Å². The lowest BCUT2D eigenvalue weighted by Gasteiger charge is -2.17. The van der Waals surface area contributed by atoms with Crippen molar-refractivity contribution < 1.29 is 4.39 Å². The Morgan fingerprint density at radius 2 is 2.56 bits per heavy atom. The van der Waals surface area contributed by atoms with Gasteiger partial charge in [0.2, 0.25) is 0 Å². The summed E-state index contributed by atoms with van der Waals surface area (Å²) in [6.45, 7) is 5.39. The van der Waals surface area contributed by atoms with Crippen LogP contribution in [0.1, 0.15) is 13.3 Å². The molecule has 1 unspecified atom stereocenters. The van der Waals surface area contributed by atoms with E-state index < -0.39 is 6.17 Å². The average molecular weight is 127 g/mol. The van der Waals surface area contributed by atoms with Gasteiger partial charge in [-0.15, -0.1) is 0 Å². The van der Waals surface area contributed by atoms with Crippen LogP contribution in [0.3, 0.4) is 0 Å². The minimum atomic E-state index is -0.894. The summed E-state index contributed by atoms with van der Waals surface area (Å²) >= 11 is 0. The van der Waals surface area contributed by atoms with Crippen LogP contribution in [0.5, 0.6) is 0 Å². The highest BCUT2D eigenvalue weighted by atomic mass is 19.1. The third-order valence-corrected chi connectivity index (χ3v) is 1.38. The molecule has 0 saturated carbocycles. The smallest absolute Gasteiger partial charge is 0.143 e. The van der Waals surface area contributed by atoms with E-state index in [1.807, 2.05) is 6.92 Å². The zero-order chi connectivity index (χ0) is 6.85. The number of rotatable bonds is 0. The zero-order valence-corrected chi connectivity index (χ0v) is 5.45. The van der Waals surface area contributed by atoms with E-state index in [4.69, 9.17) is 0 Å². The van der Waals surface area contributed by atoms with E-state index in [-0.39, 0.29) is 0 Å². The van der Waals surface area contributed by atoms with Crippen LogP contribution in [-0.2, 0) is 0 Å². The molecule has 0 aliphatic carbocycles. The molecule has 0 bridgehead atoms. The van der Waals surface area contributed by atoms with Gasteiger partial charge >= 0.3 is 0 Å². The molecule has 1 rings (SSSR count). The van der Waals surface area contributed by atoms with Gasteiger partial charge in [0.15, 0.2) is 0 Å². The molecule has 0 saturated heterocycles. The van der Waals surface area contributed by atoms with Crippen molar-refractivity contribution in [3.8, 4) is 0 Å². The number of hydrogen-bond acceptors (Lipinski definition) is 1. The molecule has 50 valence electrons. The van der Waals surface area contributed by atoms with Crippen LogP contribution >= 0.6 is 0 Å². The standard InChI is InChI=1S/C7H10FN/c1-5-3-7(8)6(2)9-4-5/h4,7,9H,2-3H2,1H3. The molecule has 0 aromatic heterocycles. The monoisotopic (exact) mass is 127 g/mol. The fraction of sp³-hybridized carbons (Fsp3) is 0.429. The first-order valence-electron chi connectivity index (χ1n) is 2.95. The Hall–Kier alpha value is -0.790. The van der Waals surface area contributed by atoms with Gasteiger partial charge in [0.05, 0.1) is 0 Å². The molecule has 1 aliphatic rings. The van der Waals surface area contributed by atoms with Gasteiger partial charge in [0.1, 0.15) is 6.17 Å². The number of halogens is 1. The molecule has 1 nitrogen and oxygen atoms in total. The topological polar surface area (TPSA) is 12.0 Å². The fourth-order valence-corrected chi connectivity index (χ4v) is 0.771. The first-order valence-corrected chi connectivity index (χ1v) is 2.95. The molecule has 1 aliphatic heterocycles. The molecule has 1 atom stereocenters. The van der Waals surface area contributed by atoms with Crippen molar-refractivity contribution in [1.82, 2.24) is 5.32 Å². The van der Waals surface area contributed by atoms with E-state index in [1.165, 1.54) is 0 Å². The lowest BCUT2D eigenvalue weighted by molar-refractivity contribution is 0.360. The molecule has 0 amide bonds. The number of allylic oxidation sites excluding steroid dienone is 2. The van der Waals surface area contributed by atoms with Crippen molar-refractivity contribution in [2.24, 2.45) is 0 Å². The molecular formula is C7H10FN. The summed E-state index contributed by atoms with van der Waals surface area (Å²) in [5.74, 6) is 0. The van der Waals surface area contributed by atoms with E-state index in [0.29, 0.717) is 12.1 Å². The van der Waals surface area contributed by atoms with E-state index >= 15 is 0 Å². The van der Waals surface area contributed by atoms with Gasteiger partial charge < -0.3 is 5.32 Å². The second kappa shape index (κ2) is 2.21. The maximum atomic E-state index is 12.6. The summed E-state index contributed by atoms with van der Waals surface area (Å²) in [5, 5.41) is 2.75. The van der Waals surface area contributed by atoms with E-state index in [0.717, 1.165) is 5.57 Å². The second-order valence-corrected chi connectivity index (χ2v) is 2.33. The third kappa shape index (κ3) is 1.31. The number of nitrogens with one attached hydrogen (secondary N) is 1. The molecule has 0 radical (unpaired) electrons. The van der Waals surface area contributed by atoms with Crippen LogP contribution in [0.2, 0.25) is 0 Å². The molecule has 0 aromatic rings. The predicted molar refractivity (Wildman–Crippen MR) is 35.5 cm³/mol. The Labute approximate surface area is 54.3 Å². The Kier molecular flexibility index (Phi) is 1.56. The van der Waals surface area contributed by atoms with Crippen LogP contribution in [0.15, 0.2) is 24.0 Å². The quantitative estimate of drug-likeness (QED) is 0.522. The summed E-state index contributed by atoms with van der Waals surface area (Å²) in [7, 11) is 0. The Morgan fingerprint density at radius 1 is 1.89 bits per heavy atom. The van der Waals surface area contributed by atoms with Crippen LogP contribution in [0, 0.1) is 0 Å². The van der Waals surface area contributed by atoms with E-state index in [9.17, 15) is 4.39 Å². The number of alkyl halides is 1.